The van der Waals surface area contributed by atoms with Crippen molar-refractivity contribution >= 4 is 5.69 Å². The van der Waals surface area contributed by atoms with E-state index in [-0.39, 0.29) is 5.41 Å². The lowest BCUT2D eigenvalue weighted by Gasteiger charge is -2.23. The van der Waals surface area contributed by atoms with Crippen molar-refractivity contribution in [3.05, 3.63) is 30.2 Å². The number of rotatable bonds is 3. The van der Waals surface area contributed by atoms with E-state index in [4.69, 9.17) is 4.52 Å². The maximum atomic E-state index is 4.78. The van der Waals surface area contributed by atoms with Gasteiger partial charge in [0.15, 0.2) is 0 Å². The number of nitrogens with zero attached hydrogens (tertiary/aromatic N) is 2. The van der Waals surface area contributed by atoms with Crippen molar-refractivity contribution in [1.82, 2.24) is 10.1 Å². The highest BCUT2D eigenvalue weighted by molar-refractivity contribution is 5.66. The standard InChI is InChI=1S/C14H19N3O/c1-5-15-12-8-10(13-16-9-18-17-13)6-7-11(12)14(2,3)4/h6-9,15H,5H2,1-4H3. The van der Waals surface area contributed by atoms with Crippen LogP contribution in [0.4, 0.5) is 5.69 Å². The predicted molar refractivity (Wildman–Crippen MR) is 72.6 cm³/mol. The van der Waals surface area contributed by atoms with Crippen LogP contribution in [0.1, 0.15) is 33.3 Å². The minimum absolute atomic E-state index is 0.104. The summed E-state index contributed by atoms with van der Waals surface area (Å²) in [6.45, 7) is 9.60. The highest BCUT2D eigenvalue weighted by atomic mass is 16.5. The Morgan fingerprint density at radius 2 is 2.06 bits per heavy atom. The molecule has 0 aliphatic carbocycles. The molecule has 0 saturated carbocycles. The van der Waals surface area contributed by atoms with E-state index in [9.17, 15) is 0 Å². The van der Waals surface area contributed by atoms with Gasteiger partial charge in [-0.2, -0.15) is 4.98 Å². The van der Waals surface area contributed by atoms with Gasteiger partial charge in [-0.3, -0.25) is 0 Å². The Balaban J connectivity index is 2.47. The molecule has 0 atom stereocenters. The first-order valence-electron chi connectivity index (χ1n) is 6.17. The van der Waals surface area contributed by atoms with Gasteiger partial charge in [0.2, 0.25) is 12.2 Å². The van der Waals surface area contributed by atoms with Crippen molar-refractivity contribution < 1.29 is 4.52 Å². The minimum Gasteiger partial charge on any atom is -0.385 e. The van der Waals surface area contributed by atoms with E-state index in [1.165, 1.54) is 12.0 Å². The highest BCUT2D eigenvalue weighted by Crippen LogP contribution is 2.32. The molecule has 1 aromatic heterocycles. The Kier molecular flexibility index (Phi) is 3.36. The van der Waals surface area contributed by atoms with E-state index in [1.807, 2.05) is 6.07 Å². The maximum absolute atomic E-state index is 4.78. The lowest BCUT2D eigenvalue weighted by molar-refractivity contribution is 0.419. The van der Waals surface area contributed by atoms with Crippen LogP contribution in [-0.4, -0.2) is 16.7 Å². The van der Waals surface area contributed by atoms with Crippen LogP contribution in [-0.2, 0) is 5.41 Å². The van der Waals surface area contributed by atoms with E-state index >= 15 is 0 Å². The number of anilines is 1. The summed E-state index contributed by atoms with van der Waals surface area (Å²) in [5.41, 5.74) is 3.49. The molecule has 0 bridgehead atoms. The van der Waals surface area contributed by atoms with Crippen molar-refractivity contribution in [3.63, 3.8) is 0 Å². The summed E-state index contributed by atoms with van der Waals surface area (Å²) in [4.78, 5) is 4.07. The largest absolute Gasteiger partial charge is 0.385 e. The molecule has 1 N–H and O–H groups in total. The molecule has 96 valence electrons. The second-order valence-electron chi connectivity index (χ2n) is 5.30. The fraction of sp³-hybridized carbons (Fsp3) is 0.429. The summed E-state index contributed by atoms with van der Waals surface area (Å²) >= 11 is 0. The molecule has 1 aromatic carbocycles. The van der Waals surface area contributed by atoms with Gasteiger partial charge >= 0.3 is 0 Å². The molecule has 2 rings (SSSR count). The molecule has 0 fully saturated rings. The first-order chi connectivity index (χ1) is 8.52. The summed E-state index contributed by atoms with van der Waals surface area (Å²) < 4.78 is 4.78. The Morgan fingerprint density at radius 3 is 2.61 bits per heavy atom. The van der Waals surface area contributed by atoms with Gasteiger partial charge in [-0.25, -0.2) is 0 Å². The van der Waals surface area contributed by atoms with Crippen LogP contribution in [0.2, 0.25) is 0 Å². The van der Waals surface area contributed by atoms with Crippen molar-refractivity contribution in [2.24, 2.45) is 0 Å². The van der Waals surface area contributed by atoms with Gasteiger partial charge in [-0.05, 0) is 24.0 Å². The zero-order valence-corrected chi connectivity index (χ0v) is 11.3. The molecule has 0 aliphatic heterocycles. The molecule has 0 radical (unpaired) electrons. The number of aromatic nitrogens is 2. The molecule has 0 saturated heterocycles. The Hall–Kier alpha value is -1.84. The maximum Gasteiger partial charge on any atom is 0.214 e. The lowest BCUT2D eigenvalue weighted by Crippen LogP contribution is -2.15. The van der Waals surface area contributed by atoms with Crippen LogP contribution in [0.15, 0.2) is 29.1 Å². The molecule has 2 aromatic rings. The van der Waals surface area contributed by atoms with E-state index in [0.29, 0.717) is 5.82 Å². The van der Waals surface area contributed by atoms with Gasteiger partial charge in [0.25, 0.3) is 0 Å². The van der Waals surface area contributed by atoms with Crippen LogP contribution >= 0.6 is 0 Å². The van der Waals surface area contributed by atoms with Gasteiger partial charge in [-0.1, -0.05) is 38.1 Å². The number of hydrogen-bond donors (Lipinski definition) is 1. The Morgan fingerprint density at radius 1 is 1.28 bits per heavy atom. The molecular weight excluding hydrogens is 226 g/mol. The van der Waals surface area contributed by atoms with Gasteiger partial charge < -0.3 is 9.84 Å². The quantitative estimate of drug-likeness (QED) is 0.899. The molecule has 1 heterocycles. The zero-order valence-electron chi connectivity index (χ0n) is 11.3. The van der Waals surface area contributed by atoms with Crippen LogP contribution < -0.4 is 5.32 Å². The first-order valence-corrected chi connectivity index (χ1v) is 6.17. The molecule has 0 spiro atoms. The molecule has 0 unspecified atom stereocenters. The number of nitrogens with one attached hydrogen (secondary N) is 1. The Bertz CT molecular complexity index is 512. The zero-order chi connectivity index (χ0) is 13.2. The lowest BCUT2D eigenvalue weighted by atomic mass is 9.85. The molecule has 4 heteroatoms. The van der Waals surface area contributed by atoms with Crippen molar-refractivity contribution in [2.75, 3.05) is 11.9 Å². The molecule has 0 aliphatic rings. The summed E-state index contributed by atoms with van der Waals surface area (Å²) in [6, 6.07) is 6.24. The normalized spacial score (nSPS) is 11.6. The number of hydrogen-bond acceptors (Lipinski definition) is 4. The van der Waals surface area contributed by atoms with Crippen LogP contribution in [0.5, 0.6) is 0 Å². The predicted octanol–water partition coefficient (Wildman–Crippen LogP) is 3.47. The SMILES string of the molecule is CCNc1cc(-c2ncon2)ccc1C(C)(C)C. The average Bonchev–Trinajstić information content (AvgIpc) is 2.81. The highest BCUT2D eigenvalue weighted by Gasteiger charge is 2.18. The molecule has 18 heavy (non-hydrogen) atoms. The molecule has 4 nitrogen and oxygen atoms in total. The van der Waals surface area contributed by atoms with Gasteiger partial charge in [0.1, 0.15) is 0 Å². The third-order valence-electron chi connectivity index (χ3n) is 2.81. The summed E-state index contributed by atoms with van der Waals surface area (Å²) in [5.74, 6) is 0.620. The summed E-state index contributed by atoms with van der Waals surface area (Å²) in [5, 5.41) is 7.26. The van der Waals surface area contributed by atoms with Crippen molar-refractivity contribution in [3.8, 4) is 11.4 Å². The fourth-order valence-electron chi connectivity index (χ4n) is 1.97. The Labute approximate surface area is 107 Å². The topological polar surface area (TPSA) is 51.0 Å². The fourth-order valence-corrected chi connectivity index (χ4v) is 1.97. The van der Waals surface area contributed by atoms with E-state index in [0.717, 1.165) is 17.8 Å². The van der Waals surface area contributed by atoms with Crippen LogP contribution in [0, 0.1) is 0 Å². The van der Waals surface area contributed by atoms with Crippen molar-refractivity contribution in [2.45, 2.75) is 33.1 Å². The van der Waals surface area contributed by atoms with E-state index in [2.05, 4.69) is 55.3 Å². The van der Waals surface area contributed by atoms with E-state index in [1.54, 1.807) is 0 Å². The first kappa shape index (κ1) is 12.6. The second-order valence-corrected chi connectivity index (χ2v) is 5.30. The minimum atomic E-state index is 0.104. The van der Waals surface area contributed by atoms with Crippen LogP contribution in [0.3, 0.4) is 0 Å². The smallest absolute Gasteiger partial charge is 0.214 e. The summed E-state index contributed by atoms with van der Waals surface area (Å²) in [7, 11) is 0. The molecule has 0 amide bonds. The van der Waals surface area contributed by atoms with E-state index < -0.39 is 0 Å². The van der Waals surface area contributed by atoms with Gasteiger partial charge in [-0.15, -0.1) is 0 Å². The molecular formula is C14H19N3O. The number of benzene rings is 1. The monoisotopic (exact) mass is 245 g/mol. The third-order valence-corrected chi connectivity index (χ3v) is 2.81. The van der Waals surface area contributed by atoms with Crippen molar-refractivity contribution in [1.29, 1.82) is 0 Å². The average molecular weight is 245 g/mol. The summed E-state index contributed by atoms with van der Waals surface area (Å²) in [6.07, 6.45) is 1.35. The van der Waals surface area contributed by atoms with Gasteiger partial charge in [0.05, 0.1) is 0 Å². The second kappa shape index (κ2) is 4.80. The third kappa shape index (κ3) is 2.53. The van der Waals surface area contributed by atoms with Crippen LogP contribution in [0.25, 0.3) is 11.4 Å². The van der Waals surface area contributed by atoms with Gasteiger partial charge in [0, 0.05) is 17.8 Å².